The molecule has 6 nitrogen and oxygen atoms in total. The normalized spacial score (nSPS) is 14.4. The SMILES string of the molecule is CC(C)n1cnc2ccc(NC3=CC(=O)NC3)cc2c1=O. The second-order valence-electron chi connectivity index (χ2n) is 5.30. The molecule has 1 aromatic carbocycles. The summed E-state index contributed by atoms with van der Waals surface area (Å²) >= 11 is 0. The average Bonchev–Trinajstić information content (AvgIpc) is 2.85. The van der Waals surface area contributed by atoms with Crippen molar-refractivity contribution >= 4 is 22.5 Å². The number of nitrogens with one attached hydrogen (secondary N) is 2. The molecule has 21 heavy (non-hydrogen) atoms. The van der Waals surface area contributed by atoms with Crippen LogP contribution in [0.15, 0.2) is 41.1 Å². The van der Waals surface area contributed by atoms with Crippen LogP contribution in [0.4, 0.5) is 5.69 Å². The van der Waals surface area contributed by atoms with E-state index >= 15 is 0 Å². The first-order valence-corrected chi connectivity index (χ1v) is 6.81. The maximum atomic E-state index is 12.4. The van der Waals surface area contributed by atoms with Crippen molar-refractivity contribution < 1.29 is 4.79 Å². The van der Waals surface area contributed by atoms with Crippen molar-refractivity contribution in [3.8, 4) is 0 Å². The van der Waals surface area contributed by atoms with E-state index in [9.17, 15) is 9.59 Å². The molecule has 0 unspecified atom stereocenters. The van der Waals surface area contributed by atoms with Gasteiger partial charge in [-0.25, -0.2) is 4.98 Å². The number of benzene rings is 1. The average molecular weight is 284 g/mol. The highest BCUT2D eigenvalue weighted by molar-refractivity contribution is 5.92. The Balaban J connectivity index is 2.02. The molecular formula is C15H16N4O2. The van der Waals surface area contributed by atoms with E-state index < -0.39 is 0 Å². The highest BCUT2D eigenvalue weighted by Gasteiger charge is 2.12. The predicted octanol–water partition coefficient (Wildman–Crippen LogP) is 1.40. The summed E-state index contributed by atoms with van der Waals surface area (Å²) in [7, 11) is 0. The molecule has 2 aromatic rings. The summed E-state index contributed by atoms with van der Waals surface area (Å²) in [6.45, 7) is 4.36. The molecule has 1 aromatic heterocycles. The van der Waals surface area contributed by atoms with Crippen molar-refractivity contribution in [1.82, 2.24) is 14.9 Å². The summed E-state index contributed by atoms with van der Waals surface area (Å²) in [5.41, 5.74) is 2.16. The Bertz CT molecular complexity index is 805. The lowest BCUT2D eigenvalue weighted by Crippen LogP contribution is -2.22. The predicted molar refractivity (Wildman–Crippen MR) is 81.1 cm³/mol. The Morgan fingerprint density at radius 3 is 2.81 bits per heavy atom. The number of nitrogens with zero attached hydrogens (tertiary/aromatic N) is 2. The van der Waals surface area contributed by atoms with Crippen LogP contribution in [-0.4, -0.2) is 22.0 Å². The molecule has 0 aliphatic carbocycles. The van der Waals surface area contributed by atoms with Crippen LogP contribution in [0.3, 0.4) is 0 Å². The minimum absolute atomic E-state index is 0.0605. The lowest BCUT2D eigenvalue weighted by atomic mass is 10.2. The van der Waals surface area contributed by atoms with Crippen LogP contribution in [0, 0.1) is 0 Å². The largest absolute Gasteiger partial charge is 0.357 e. The smallest absolute Gasteiger partial charge is 0.261 e. The molecule has 108 valence electrons. The first-order chi connectivity index (χ1) is 10.0. The summed E-state index contributed by atoms with van der Waals surface area (Å²) in [5.74, 6) is -0.109. The molecular weight excluding hydrogens is 268 g/mol. The van der Waals surface area contributed by atoms with Gasteiger partial charge in [0.25, 0.3) is 5.56 Å². The topological polar surface area (TPSA) is 76.0 Å². The van der Waals surface area contributed by atoms with Gasteiger partial charge in [-0.3, -0.25) is 14.2 Å². The van der Waals surface area contributed by atoms with Crippen LogP contribution in [0.1, 0.15) is 19.9 Å². The maximum Gasteiger partial charge on any atom is 0.261 e. The molecule has 0 spiro atoms. The monoisotopic (exact) mass is 284 g/mol. The van der Waals surface area contributed by atoms with Crippen LogP contribution >= 0.6 is 0 Å². The molecule has 0 bridgehead atoms. The number of fused-ring (bicyclic) bond motifs is 1. The van der Waals surface area contributed by atoms with Crippen molar-refractivity contribution in [3.05, 3.63) is 46.7 Å². The molecule has 6 heteroatoms. The molecule has 3 rings (SSSR count). The quantitative estimate of drug-likeness (QED) is 0.893. The molecule has 2 heterocycles. The van der Waals surface area contributed by atoms with Gasteiger partial charge in [0.1, 0.15) is 0 Å². The molecule has 1 aliphatic heterocycles. The first kappa shape index (κ1) is 13.4. The van der Waals surface area contributed by atoms with E-state index in [1.165, 1.54) is 6.08 Å². The Morgan fingerprint density at radius 1 is 1.33 bits per heavy atom. The van der Waals surface area contributed by atoms with Crippen LogP contribution in [0.5, 0.6) is 0 Å². The minimum atomic E-state index is -0.109. The van der Waals surface area contributed by atoms with Crippen molar-refractivity contribution in [2.75, 3.05) is 11.9 Å². The van der Waals surface area contributed by atoms with Crippen molar-refractivity contribution in [1.29, 1.82) is 0 Å². The number of hydrogen-bond acceptors (Lipinski definition) is 4. The third-order valence-corrected chi connectivity index (χ3v) is 3.40. The maximum absolute atomic E-state index is 12.4. The molecule has 0 atom stereocenters. The molecule has 0 saturated heterocycles. The first-order valence-electron chi connectivity index (χ1n) is 6.81. The Kier molecular flexibility index (Phi) is 3.21. The lowest BCUT2D eigenvalue weighted by molar-refractivity contribution is -0.115. The fourth-order valence-electron chi connectivity index (χ4n) is 2.29. The second-order valence-corrected chi connectivity index (χ2v) is 5.30. The lowest BCUT2D eigenvalue weighted by Gasteiger charge is -2.11. The zero-order valence-corrected chi connectivity index (χ0v) is 11.9. The highest BCUT2D eigenvalue weighted by atomic mass is 16.1. The van der Waals surface area contributed by atoms with E-state index in [0.717, 1.165) is 11.4 Å². The second kappa shape index (κ2) is 5.05. The van der Waals surface area contributed by atoms with Gasteiger partial charge in [0.15, 0.2) is 0 Å². The summed E-state index contributed by atoms with van der Waals surface area (Å²) in [6, 6.07) is 5.48. The summed E-state index contributed by atoms with van der Waals surface area (Å²) < 4.78 is 1.60. The fraction of sp³-hybridized carbons (Fsp3) is 0.267. The minimum Gasteiger partial charge on any atom is -0.357 e. The van der Waals surface area contributed by atoms with Gasteiger partial charge in [-0.1, -0.05) is 0 Å². The number of hydrogen-bond donors (Lipinski definition) is 2. The van der Waals surface area contributed by atoms with Crippen LogP contribution < -0.4 is 16.2 Å². The van der Waals surface area contributed by atoms with Gasteiger partial charge in [0.05, 0.1) is 23.8 Å². The molecule has 2 N–H and O–H groups in total. The molecule has 0 radical (unpaired) electrons. The third kappa shape index (κ3) is 2.52. The van der Waals surface area contributed by atoms with Crippen LogP contribution in [0.2, 0.25) is 0 Å². The van der Waals surface area contributed by atoms with Gasteiger partial charge in [0.2, 0.25) is 5.91 Å². The zero-order valence-electron chi connectivity index (χ0n) is 11.9. The Hall–Kier alpha value is -2.63. The van der Waals surface area contributed by atoms with E-state index in [1.807, 2.05) is 19.9 Å². The fourth-order valence-corrected chi connectivity index (χ4v) is 2.29. The molecule has 0 fully saturated rings. The Labute approximate surface area is 121 Å². The number of rotatable bonds is 3. The summed E-state index contributed by atoms with van der Waals surface area (Å²) in [5, 5.41) is 6.40. The van der Waals surface area contributed by atoms with E-state index in [-0.39, 0.29) is 17.5 Å². The number of anilines is 1. The van der Waals surface area contributed by atoms with Crippen molar-refractivity contribution in [2.45, 2.75) is 19.9 Å². The van der Waals surface area contributed by atoms with E-state index in [2.05, 4.69) is 15.6 Å². The van der Waals surface area contributed by atoms with E-state index in [1.54, 1.807) is 23.0 Å². The van der Waals surface area contributed by atoms with Crippen LogP contribution in [-0.2, 0) is 4.79 Å². The van der Waals surface area contributed by atoms with E-state index in [4.69, 9.17) is 0 Å². The highest BCUT2D eigenvalue weighted by Crippen LogP contribution is 2.17. The standard InChI is InChI=1S/C15H16N4O2/c1-9(2)19-8-17-13-4-3-10(5-12(13)15(19)21)18-11-6-14(20)16-7-11/h3-6,8-9,18H,7H2,1-2H3,(H,16,20). The van der Waals surface area contributed by atoms with Gasteiger partial charge in [-0.05, 0) is 32.0 Å². The van der Waals surface area contributed by atoms with Gasteiger partial charge in [-0.2, -0.15) is 0 Å². The molecule has 0 saturated carbocycles. The summed E-state index contributed by atoms with van der Waals surface area (Å²) in [6.07, 6.45) is 3.09. The molecule has 1 aliphatic rings. The zero-order chi connectivity index (χ0) is 15.0. The summed E-state index contributed by atoms with van der Waals surface area (Å²) in [4.78, 5) is 27.9. The number of carbonyl (C=O) groups excluding carboxylic acids is 1. The van der Waals surface area contributed by atoms with E-state index in [0.29, 0.717) is 17.4 Å². The molecule has 1 amide bonds. The third-order valence-electron chi connectivity index (χ3n) is 3.40. The number of aromatic nitrogens is 2. The number of amides is 1. The van der Waals surface area contributed by atoms with Gasteiger partial charge in [-0.15, -0.1) is 0 Å². The van der Waals surface area contributed by atoms with Gasteiger partial charge >= 0.3 is 0 Å². The van der Waals surface area contributed by atoms with Crippen molar-refractivity contribution in [2.24, 2.45) is 0 Å². The van der Waals surface area contributed by atoms with Crippen LogP contribution in [0.25, 0.3) is 10.9 Å². The Morgan fingerprint density at radius 2 is 2.14 bits per heavy atom. The van der Waals surface area contributed by atoms with Gasteiger partial charge in [0, 0.05) is 23.5 Å². The van der Waals surface area contributed by atoms with Crippen molar-refractivity contribution in [3.63, 3.8) is 0 Å². The number of carbonyl (C=O) groups is 1. The van der Waals surface area contributed by atoms with Gasteiger partial charge < -0.3 is 10.6 Å².